The fourth-order valence-corrected chi connectivity index (χ4v) is 5.08. The smallest absolute Gasteiger partial charge is 0.323 e. The zero-order valence-electron chi connectivity index (χ0n) is 12.3. The molecule has 0 aromatic carbocycles. The second kappa shape index (κ2) is 6.04. The first-order chi connectivity index (χ1) is 10.5. The van der Waals surface area contributed by atoms with Crippen molar-refractivity contribution in [3.05, 3.63) is 6.20 Å². The van der Waals surface area contributed by atoms with Crippen LogP contribution in [-0.4, -0.2) is 55.5 Å². The van der Waals surface area contributed by atoms with E-state index >= 15 is 0 Å². The van der Waals surface area contributed by atoms with Gasteiger partial charge in [0.15, 0.2) is 20.0 Å². The molecule has 2 fully saturated rings. The van der Waals surface area contributed by atoms with Crippen LogP contribution in [0.25, 0.3) is 0 Å². The maximum absolute atomic E-state index is 12.5. The highest BCUT2D eigenvalue weighted by Gasteiger charge is 2.41. The maximum Gasteiger partial charge on any atom is 0.323 e. The number of carbonyl (C=O) groups is 1. The van der Waals surface area contributed by atoms with Crippen LogP contribution in [0, 0.1) is 5.92 Å². The molecule has 3 rings (SSSR count). The number of rotatable bonds is 3. The summed E-state index contributed by atoms with van der Waals surface area (Å²) in [6, 6.07) is -0.486. The van der Waals surface area contributed by atoms with E-state index in [1.165, 1.54) is 11.3 Å². The lowest BCUT2D eigenvalue weighted by atomic mass is 10.2. The molecular formula is C13H19N3O4S2. The Bertz CT molecular complexity index is 654. The number of ether oxygens (including phenoxy) is 1. The maximum atomic E-state index is 12.5. The number of nitrogens with one attached hydrogen (secondary N) is 1. The molecule has 0 bridgehead atoms. The summed E-state index contributed by atoms with van der Waals surface area (Å²) in [6.45, 7) is 0.467. The first kappa shape index (κ1) is 15.5. The largest absolute Gasteiger partial charge is 0.486 e. The molecule has 1 aromatic heterocycles. The molecule has 2 heterocycles. The van der Waals surface area contributed by atoms with Gasteiger partial charge in [-0.25, -0.2) is 18.2 Å². The van der Waals surface area contributed by atoms with E-state index in [1.54, 1.807) is 18.2 Å². The summed E-state index contributed by atoms with van der Waals surface area (Å²) in [5, 5.41) is 3.83. The van der Waals surface area contributed by atoms with E-state index in [2.05, 4.69) is 10.3 Å². The number of thiazole rings is 1. The van der Waals surface area contributed by atoms with Crippen molar-refractivity contribution in [2.24, 2.45) is 5.92 Å². The minimum absolute atomic E-state index is 0.0757. The Balaban J connectivity index is 1.74. The number of carbonyl (C=O) groups excluding carboxylic acids is 1. The van der Waals surface area contributed by atoms with Crippen LogP contribution in [0.1, 0.15) is 19.3 Å². The van der Waals surface area contributed by atoms with E-state index in [-0.39, 0.29) is 23.6 Å². The predicted octanol–water partition coefficient (Wildman–Crippen LogP) is 1.58. The number of sulfone groups is 1. The van der Waals surface area contributed by atoms with E-state index in [0.29, 0.717) is 29.1 Å². The second-order valence-electron chi connectivity index (χ2n) is 5.68. The lowest BCUT2D eigenvalue weighted by Gasteiger charge is -2.29. The van der Waals surface area contributed by atoms with E-state index in [0.717, 1.165) is 12.8 Å². The van der Waals surface area contributed by atoms with Gasteiger partial charge in [-0.05, 0) is 25.2 Å². The van der Waals surface area contributed by atoms with Crippen molar-refractivity contribution >= 4 is 32.3 Å². The molecule has 7 nitrogen and oxygen atoms in total. The predicted molar refractivity (Wildman–Crippen MR) is 84.2 cm³/mol. The van der Waals surface area contributed by atoms with Crippen LogP contribution in [0.5, 0.6) is 5.06 Å². The quantitative estimate of drug-likeness (QED) is 0.898. The van der Waals surface area contributed by atoms with Gasteiger partial charge in [-0.1, -0.05) is 11.3 Å². The van der Waals surface area contributed by atoms with Crippen LogP contribution in [-0.2, 0) is 9.84 Å². The number of methoxy groups -OCH3 is 1. The third kappa shape index (κ3) is 3.52. The average Bonchev–Trinajstić information content (AvgIpc) is 3.23. The van der Waals surface area contributed by atoms with Gasteiger partial charge in [-0.3, -0.25) is 5.32 Å². The van der Waals surface area contributed by atoms with Gasteiger partial charge in [0.2, 0.25) is 0 Å². The van der Waals surface area contributed by atoms with Crippen molar-refractivity contribution in [2.75, 3.05) is 30.5 Å². The fourth-order valence-electron chi connectivity index (χ4n) is 2.75. The monoisotopic (exact) mass is 345 g/mol. The minimum Gasteiger partial charge on any atom is -0.486 e. The van der Waals surface area contributed by atoms with Crippen molar-refractivity contribution in [3.8, 4) is 5.06 Å². The zero-order valence-corrected chi connectivity index (χ0v) is 14.0. The Morgan fingerprint density at radius 1 is 1.50 bits per heavy atom. The lowest BCUT2D eigenvalue weighted by molar-refractivity contribution is 0.188. The Hall–Kier alpha value is -1.35. The number of nitrogens with zero attached hydrogens (tertiary/aromatic N) is 2. The third-order valence-electron chi connectivity index (χ3n) is 4.01. The Morgan fingerprint density at radius 3 is 2.91 bits per heavy atom. The average molecular weight is 345 g/mol. The molecule has 2 amide bonds. The molecule has 1 N–H and O–H groups in total. The van der Waals surface area contributed by atoms with Gasteiger partial charge < -0.3 is 9.64 Å². The van der Waals surface area contributed by atoms with Crippen LogP contribution in [0.2, 0.25) is 0 Å². The molecule has 1 saturated heterocycles. The number of hydrogen-bond donors (Lipinski definition) is 1. The molecule has 0 spiro atoms. The minimum atomic E-state index is -3.07. The summed E-state index contributed by atoms with van der Waals surface area (Å²) in [5.41, 5.74) is 0. The summed E-state index contributed by atoms with van der Waals surface area (Å²) in [4.78, 5) is 18.3. The summed E-state index contributed by atoms with van der Waals surface area (Å²) >= 11 is 1.25. The molecule has 122 valence electrons. The van der Waals surface area contributed by atoms with Gasteiger partial charge in [0, 0.05) is 6.54 Å². The second-order valence-corrected chi connectivity index (χ2v) is 8.91. The number of anilines is 1. The first-order valence-electron chi connectivity index (χ1n) is 7.26. The highest BCUT2D eigenvalue weighted by atomic mass is 32.2. The van der Waals surface area contributed by atoms with E-state index < -0.39 is 9.84 Å². The molecule has 1 aromatic rings. The van der Waals surface area contributed by atoms with Crippen molar-refractivity contribution in [2.45, 2.75) is 25.3 Å². The number of urea groups is 1. The van der Waals surface area contributed by atoms with E-state index in [9.17, 15) is 13.2 Å². The summed E-state index contributed by atoms with van der Waals surface area (Å²) in [7, 11) is -1.52. The summed E-state index contributed by atoms with van der Waals surface area (Å²) in [5.74, 6) is 0.543. The van der Waals surface area contributed by atoms with Crippen LogP contribution < -0.4 is 10.1 Å². The van der Waals surface area contributed by atoms with Crippen molar-refractivity contribution in [3.63, 3.8) is 0 Å². The summed E-state index contributed by atoms with van der Waals surface area (Å²) in [6.07, 6.45) is 4.02. The standard InChI is InChI=1S/C13H19N3O4S2/c1-20-11-7-14-12(21-11)15-13(17)16-5-2-6-22(18,19)8-10(16)9-3-4-9/h7,9-10H,2-6,8H2,1H3,(H,14,15,17). The Morgan fingerprint density at radius 2 is 2.27 bits per heavy atom. The van der Waals surface area contributed by atoms with Crippen LogP contribution in [0.4, 0.5) is 9.93 Å². The zero-order chi connectivity index (χ0) is 15.7. The SMILES string of the molecule is COc1cnc(NC(=O)N2CCCS(=O)(=O)CC2C2CC2)s1. The molecule has 0 radical (unpaired) electrons. The highest BCUT2D eigenvalue weighted by molar-refractivity contribution is 7.91. The van der Waals surface area contributed by atoms with Gasteiger partial charge in [0.25, 0.3) is 0 Å². The number of amides is 2. The normalized spacial score (nSPS) is 24.6. The van der Waals surface area contributed by atoms with Gasteiger partial charge in [0.05, 0.1) is 30.9 Å². The van der Waals surface area contributed by atoms with E-state index in [4.69, 9.17) is 4.74 Å². The van der Waals surface area contributed by atoms with Gasteiger partial charge in [0.1, 0.15) is 0 Å². The molecule has 1 saturated carbocycles. The third-order valence-corrected chi connectivity index (χ3v) is 6.64. The Labute approximate surface area is 133 Å². The van der Waals surface area contributed by atoms with Gasteiger partial charge in [-0.2, -0.15) is 0 Å². The first-order valence-corrected chi connectivity index (χ1v) is 9.90. The lowest BCUT2D eigenvalue weighted by Crippen LogP contribution is -2.46. The van der Waals surface area contributed by atoms with E-state index in [1.807, 2.05) is 0 Å². The molecule has 2 aliphatic rings. The van der Waals surface area contributed by atoms with Crippen LogP contribution in [0.3, 0.4) is 0 Å². The molecular weight excluding hydrogens is 326 g/mol. The topological polar surface area (TPSA) is 88.6 Å². The van der Waals surface area contributed by atoms with Crippen LogP contribution >= 0.6 is 11.3 Å². The molecule has 1 aliphatic heterocycles. The molecule has 22 heavy (non-hydrogen) atoms. The molecule has 1 aliphatic carbocycles. The van der Waals surface area contributed by atoms with Crippen LogP contribution in [0.15, 0.2) is 6.20 Å². The summed E-state index contributed by atoms with van der Waals surface area (Å²) < 4.78 is 29.0. The van der Waals surface area contributed by atoms with Crippen molar-refractivity contribution < 1.29 is 17.9 Å². The number of hydrogen-bond acceptors (Lipinski definition) is 6. The van der Waals surface area contributed by atoms with Gasteiger partial charge >= 0.3 is 6.03 Å². The highest BCUT2D eigenvalue weighted by Crippen LogP contribution is 2.37. The number of aromatic nitrogens is 1. The fraction of sp³-hybridized carbons (Fsp3) is 0.692. The molecule has 1 unspecified atom stereocenters. The van der Waals surface area contributed by atoms with Crippen molar-refractivity contribution in [1.29, 1.82) is 0 Å². The van der Waals surface area contributed by atoms with Gasteiger partial charge in [-0.15, -0.1) is 0 Å². The van der Waals surface area contributed by atoms with Crippen molar-refractivity contribution in [1.82, 2.24) is 9.88 Å². The molecule has 1 atom stereocenters. The molecule has 9 heteroatoms. The Kier molecular flexibility index (Phi) is 4.26.